The van der Waals surface area contributed by atoms with Crippen LogP contribution in [0.5, 0.6) is 5.88 Å². The molecule has 0 aliphatic carbocycles. The molecule has 0 aliphatic rings. The second-order valence-electron chi connectivity index (χ2n) is 6.57. The molecule has 0 bridgehead atoms. The molecule has 0 unspecified atom stereocenters. The Morgan fingerprint density at radius 3 is 2.50 bits per heavy atom. The summed E-state index contributed by atoms with van der Waals surface area (Å²) < 4.78 is 48.5. The van der Waals surface area contributed by atoms with Crippen LogP contribution in [0.3, 0.4) is 0 Å². The maximum atomic E-state index is 12.4. The first kappa shape index (κ1) is 24.3. The number of benzene rings is 1. The molecule has 180 valence electrons. The number of rotatable bonds is 8. The van der Waals surface area contributed by atoms with Crippen LogP contribution in [0.2, 0.25) is 0 Å². The predicted octanol–water partition coefficient (Wildman–Crippen LogP) is 2.48. The van der Waals surface area contributed by atoms with E-state index in [9.17, 15) is 32.9 Å². The molecule has 0 aliphatic heterocycles. The molecular formula is C19H17F3N6O6. The van der Waals surface area contributed by atoms with Crippen molar-refractivity contribution in [3.05, 3.63) is 46.2 Å². The number of nitrogens with zero attached hydrogens (tertiary/aromatic N) is 5. The molecule has 12 nitrogen and oxygen atoms in total. The van der Waals surface area contributed by atoms with Gasteiger partial charge in [0.1, 0.15) is 5.69 Å². The van der Waals surface area contributed by atoms with Crippen LogP contribution in [0.15, 0.2) is 24.7 Å². The standard InChI is InChI=1S/C19H17F3N6O6/c1-3-33-16-15(17(29)34-4-2)25-11-5-13(14(28(31)32)6-12(11)26-16)27-8-10(24-9-27)7-23-18(30)19(20,21)22/h5-6,8-9H,3-4,7H2,1-2H3,(H,23,30). The Morgan fingerprint density at radius 1 is 1.18 bits per heavy atom. The number of imidazole rings is 1. The second kappa shape index (κ2) is 9.68. The number of hydrogen-bond acceptors (Lipinski definition) is 9. The summed E-state index contributed by atoms with van der Waals surface area (Å²) in [6.07, 6.45) is -2.73. The molecule has 3 aromatic rings. The van der Waals surface area contributed by atoms with E-state index in [1.807, 2.05) is 0 Å². The molecule has 1 aromatic carbocycles. The molecule has 34 heavy (non-hydrogen) atoms. The molecule has 2 aromatic heterocycles. The maximum absolute atomic E-state index is 12.4. The highest BCUT2D eigenvalue weighted by atomic mass is 19.4. The van der Waals surface area contributed by atoms with Crippen LogP contribution in [0, 0.1) is 10.1 Å². The van der Waals surface area contributed by atoms with Crippen LogP contribution in [0.1, 0.15) is 30.0 Å². The Hall–Kier alpha value is -4.30. The summed E-state index contributed by atoms with van der Waals surface area (Å²) in [5.74, 6) is -3.10. The number of alkyl halides is 3. The van der Waals surface area contributed by atoms with Gasteiger partial charge >= 0.3 is 18.1 Å². The van der Waals surface area contributed by atoms with Crippen molar-refractivity contribution in [3.8, 4) is 11.6 Å². The van der Waals surface area contributed by atoms with Gasteiger partial charge in [0.25, 0.3) is 5.69 Å². The number of nitro groups is 1. The predicted molar refractivity (Wildman–Crippen MR) is 108 cm³/mol. The number of aromatic nitrogens is 4. The lowest BCUT2D eigenvalue weighted by atomic mass is 10.2. The van der Waals surface area contributed by atoms with E-state index in [4.69, 9.17) is 9.47 Å². The van der Waals surface area contributed by atoms with Gasteiger partial charge in [0.15, 0.2) is 0 Å². The number of nitro benzene ring substituents is 1. The summed E-state index contributed by atoms with van der Waals surface area (Å²) in [6, 6.07) is 2.37. The number of ether oxygens (including phenoxy) is 2. The topological polar surface area (TPSA) is 151 Å². The van der Waals surface area contributed by atoms with Gasteiger partial charge in [0.05, 0.1) is 47.7 Å². The molecule has 0 spiro atoms. The summed E-state index contributed by atoms with van der Waals surface area (Å²) in [7, 11) is 0. The zero-order valence-corrected chi connectivity index (χ0v) is 17.8. The molecular weight excluding hydrogens is 465 g/mol. The summed E-state index contributed by atoms with van der Waals surface area (Å²) in [6.45, 7) is 2.91. The highest BCUT2D eigenvalue weighted by molar-refractivity contribution is 5.93. The highest BCUT2D eigenvalue weighted by Gasteiger charge is 2.38. The fourth-order valence-electron chi connectivity index (χ4n) is 2.84. The normalized spacial score (nSPS) is 11.3. The number of hydrogen-bond donors (Lipinski definition) is 1. The van der Waals surface area contributed by atoms with E-state index in [1.54, 1.807) is 19.2 Å². The lowest BCUT2D eigenvalue weighted by Gasteiger charge is -2.10. The van der Waals surface area contributed by atoms with Crippen LogP contribution in [-0.4, -0.2) is 55.7 Å². The fraction of sp³-hybridized carbons (Fsp3) is 0.316. The van der Waals surface area contributed by atoms with Crippen molar-refractivity contribution in [2.24, 2.45) is 0 Å². The number of halogens is 3. The van der Waals surface area contributed by atoms with Gasteiger partial charge in [-0.05, 0) is 19.9 Å². The minimum absolute atomic E-state index is 0.0111. The van der Waals surface area contributed by atoms with Gasteiger partial charge in [-0.25, -0.2) is 19.7 Å². The number of esters is 1. The minimum Gasteiger partial charge on any atom is -0.476 e. The van der Waals surface area contributed by atoms with Crippen LogP contribution in [0.4, 0.5) is 18.9 Å². The molecule has 0 atom stereocenters. The first-order valence-corrected chi connectivity index (χ1v) is 9.73. The van der Waals surface area contributed by atoms with Crippen molar-refractivity contribution < 1.29 is 37.2 Å². The highest BCUT2D eigenvalue weighted by Crippen LogP contribution is 2.30. The lowest BCUT2D eigenvalue weighted by Crippen LogP contribution is -2.36. The van der Waals surface area contributed by atoms with E-state index >= 15 is 0 Å². The van der Waals surface area contributed by atoms with E-state index < -0.39 is 35.2 Å². The van der Waals surface area contributed by atoms with Gasteiger partial charge in [0.2, 0.25) is 11.6 Å². The number of fused-ring (bicyclic) bond motifs is 1. The molecule has 0 saturated carbocycles. The third-order valence-electron chi connectivity index (χ3n) is 4.28. The van der Waals surface area contributed by atoms with Crippen LogP contribution < -0.4 is 10.1 Å². The third kappa shape index (κ3) is 5.19. The van der Waals surface area contributed by atoms with Crippen LogP contribution in [0.25, 0.3) is 16.7 Å². The van der Waals surface area contributed by atoms with E-state index in [0.29, 0.717) is 0 Å². The van der Waals surface area contributed by atoms with Gasteiger partial charge in [-0.3, -0.25) is 19.5 Å². The Kier molecular flexibility index (Phi) is 6.93. The Balaban J connectivity index is 2.05. The smallest absolute Gasteiger partial charge is 0.471 e. The summed E-state index contributed by atoms with van der Waals surface area (Å²) >= 11 is 0. The van der Waals surface area contributed by atoms with Crippen molar-refractivity contribution >= 4 is 28.6 Å². The van der Waals surface area contributed by atoms with Gasteiger partial charge in [-0.2, -0.15) is 13.2 Å². The van der Waals surface area contributed by atoms with Crippen molar-refractivity contribution in [2.45, 2.75) is 26.6 Å². The van der Waals surface area contributed by atoms with Gasteiger partial charge in [-0.1, -0.05) is 0 Å². The van der Waals surface area contributed by atoms with E-state index in [1.165, 1.54) is 16.8 Å². The monoisotopic (exact) mass is 482 g/mol. The van der Waals surface area contributed by atoms with Crippen LogP contribution >= 0.6 is 0 Å². The van der Waals surface area contributed by atoms with Crippen molar-refractivity contribution in [1.29, 1.82) is 0 Å². The summed E-state index contributed by atoms with van der Waals surface area (Å²) in [5, 5.41) is 13.3. The number of carbonyl (C=O) groups is 2. The number of nitrogens with one attached hydrogen (secondary N) is 1. The SMILES string of the molecule is CCOC(=O)c1nc2cc(-n3cnc(CNC(=O)C(F)(F)F)c3)c([N+](=O)[O-])cc2nc1OCC. The van der Waals surface area contributed by atoms with Crippen molar-refractivity contribution in [1.82, 2.24) is 24.8 Å². The number of carbonyl (C=O) groups excluding carboxylic acids is 2. The summed E-state index contributed by atoms with van der Waals surface area (Å²) in [4.78, 5) is 46.5. The molecule has 0 fully saturated rings. The number of amides is 1. The average molecular weight is 482 g/mol. The molecule has 3 rings (SSSR count). The molecule has 0 radical (unpaired) electrons. The molecule has 1 N–H and O–H groups in total. The maximum Gasteiger partial charge on any atom is 0.471 e. The van der Waals surface area contributed by atoms with E-state index in [2.05, 4.69) is 15.0 Å². The molecule has 2 heterocycles. The average Bonchev–Trinajstić information content (AvgIpc) is 3.24. The largest absolute Gasteiger partial charge is 0.476 e. The summed E-state index contributed by atoms with van der Waals surface area (Å²) in [5.41, 5.74) is -0.533. The van der Waals surface area contributed by atoms with E-state index in [0.717, 1.165) is 12.4 Å². The zero-order valence-electron chi connectivity index (χ0n) is 17.8. The fourth-order valence-corrected chi connectivity index (χ4v) is 2.84. The Bertz CT molecular complexity index is 1260. The zero-order chi connectivity index (χ0) is 25.0. The molecule has 15 heteroatoms. The Morgan fingerprint density at radius 2 is 1.88 bits per heavy atom. The van der Waals surface area contributed by atoms with Crippen molar-refractivity contribution in [3.63, 3.8) is 0 Å². The van der Waals surface area contributed by atoms with E-state index in [-0.39, 0.29) is 47.2 Å². The van der Waals surface area contributed by atoms with Gasteiger partial charge in [0, 0.05) is 12.3 Å². The lowest BCUT2D eigenvalue weighted by molar-refractivity contribution is -0.384. The van der Waals surface area contributed by atoms with Gasteiger partial charge < -0.3 is 14.8 Å². The first-order valence-electron chi connectivity index (χ1n) is 9.73. The minimum atomic E-state index is -5.06. The quantitative estimate of drug-likeness (QED) is 0.290. The Labute approximate surface area is 188 Å². The first-order chi connectivity index (χ1) is 16.0. The molecule has 1 amide bonds. The molecule has 0 saturated heterocycles. The second-order valence-corrected chi connectivity index (χ2v) is 6.57. The van der Waals surface area contributed by atoms with Gasteiger partial charge in [-0.15, -0.1) is 0 Å². The third-order valence-corrected chi connectivity index (χ3v) is 4.28. The van der Waals surface area contributed by atoms with Crippen LogP contribution in [-0.2, 0) is 16.1 Å². The van der Waals surface area contributed by atoms with Crippen molar-refractivity contribution in [2.75, 3.05) is 13.2 Å².